The average molecular weight is 349 g/mol. The molecule has 1 aliphatic carbocycles. The van der Waals surface area contributed by atoms with Crippen molar-refractivity contribution in [2.45, 2.75) is 32.6 Å². The minimum atomic E-state index is -0.0342. The monoisotopic (exact) mass is 349 g/mol. The first kappa shape index (κ1) is 14.9. The molecule has 4 nitrogen and oxygen atoms in total. The third-order valence-corrected chi connectivity index (χ3v) is 5.99. The van der Waals surface area contributed by atoms with Crippen LogP contribution in [0.2, 0.25) is 0 Å². The second-order valence-electron chi connectivity index (χ2n) is 7.77. The maximum absolute atomic E-state index is 13.1. The first-order valence-electron chi connectivity index (χ1n) is 8.55. The van der Waals surface area contributed by atoms with Gasteiger partial charge >= 0.3 is 0 Å². The highest BCUT2D eigenvalue weighted by molar-refractivity contribution is 7.08. The Morgan fingerprint density at radius 1 is 1.24 bits per heavy atom. The molecule has 5 heteroatoms. The number of aromatic nitrogens is 2. The Morgan fingerprint density at radius 2 is 2.12 bits per heavy atom. The highest BCUT2D eigenvalue weighted by atomic mass is 32.1. The predicted molar refractivity (Wildman–Crippen MR) is 101 cm³/mol. The second-order valence-corrected chi connectivity index (χ2v) is 8.55. The Kier molecular flexibility index (Phi) is 3.01. The maximum atomic E-state index is 13.1. The number of fused-ring (bicyclic) bond motifs is 3. The Hall–Kier alpha value is -2.40. The van der Waals surface area contributed by atoms with E-state index in [4.69, 9.17) is 0 Å². The van der Waals surface area contributed by atoms with Crippen molar-refractivity contribution < 1.29 is 4.79 Å². The molecule has 3 heterocycles. The third-order valence-electron chi connectivity index (χ3n) is 5.29. The van der Waals surface area contributed by atoms with Gasteiger partial charge in [0.25, 0.3) is 0 Å². The van der Waals surface area contributed by atoms with Gasteiger partial charge in [-0.3, -0.25) is 4.79 Å². The lowest BCUT2D eigenvalue weighted by Gasteiger charge is -2.39. The molecule has 1 unspecified atom stereocenters. The van der Waals surface area contributed by atoms with E-state index < -0.39 is 0 Å². The molecular weight excluding hydrogens is 330 g/mol. The molecule has 1 aromatic carbocycles. The fraction of sp³-hybridized carbons (Fsp3) is 0.300. The molecule has 0 spiro atoms. The fourth-order valence-corrected chi connectivity index (χ4v) is 4.98. The molecule has 0 radical (unpaired) electrons. The number of ketones is 1. The number of allylic oxidation sites excluding steroid dienone is 2. The van der Waals surface area contributed by atoms with Gasteiger partial charge in [-0.2, -0.15) is 11.3 Å². The van der Waals surface area contributed by atoms with E-state index in [1.54, 1.807) is 17.7 Å². The minimum absolute atomic E-state index is 0.00392. The van der Waals surface area contributed by atoms with Gasteiger partial charge in [-0.05, 0) is 46.4 Å². The molecule has 3 aromatic rings. The number of carbonyl (C=O) groups is 1. The summed E-state index contributed by atoms with van der Waals surface area (Å²) in [6.07, 6.45) is 3.22. The number of benzene rings is 1. The average Bonchev–Trinajstić information content (AvgIpc) is 3.22. The molecule has 1 atom stereocenters. The Morgan fingerprint density at radius 3 is 2.92 bits per heavy atom. The van der Waals surface area contributed by atoms with Gasteiger partial charge in [-0.15, -0.1) is 0 Å². The van der Waals surface area contributed by atoms with E-state index in [9.17, 15) is 4.79 Å². The smallest absolute Gasteiger partial charge is 0.162 e. The van der Waals surface area contributed by atoms with Gasteiger partial charge in [0, 0.05) is 34.9 Å². The van der Waals surface area contributed by atoms with Crippen LogP contribution >= 0.6 is 11.3 Å². The highest BCUT2D eigenvalue weighted by Gasteiger charge is 2.41. The van der Waals surface area contributed by atoms with Crippen LogP contribution in [0.15, 0.2) is 46.6 Å². The Bertz CT molecular complexity index is 1030. The van der Waals surface area contributed by atoms with Crippen molar-refractivity contribution in [1.29, 1.82) is 0 Å². The van der Waals surface area contributed by atoms with Crippen molar-refractivity contribution in [3.63, 3.8) is 0 Å². The van der Waals surface area contributed by atoms with E-state index in [1.807, 2.05) is 0 Å². The minimum Gasteiger partial charge on any atom is -0.358 e. The molecular formula is C20H19N3OS. The van der Waals surface area contributed by atoms with Gasteiger partial charge in [0.05, 0.1) is 17.4 Å². The van der Waals surface area contributed by atoms with E-state index >= 15 is 0 Å². The normalized spacial score (nSPS) is 21.8. The summed E-state index contributed by atoms with van der Waals surface area (Å²) in [6, 6.07) is 6.29. The topological polar surface area (TPSA) is 57.8 Å². The zero-order valence-corrected chi connectivity index (χ0v) is 15.0. The van der Waals surface area contributed by atoms with Crippen LogP contribution in [0.4, 0.5) is 5.69 Å². The number of H-pyrrole nitrogens is 1. The van der Waals surface area contributed by atoms with Gasteiger partial charge < -0.3 is 10.3 Å². The number of aromatic amines is 1. The Balaban J connectivity index is 1.81. The summed E-state index contributed by atoms with van der Waals surface area (Å²) in [5, 5.41) is 7.81. The van der Waals surface area contributed by atoms with E-state index in [0.717, 1.165) is 40.0 Å². The third kappa shape index (κ3) is 2.19. The van der Waals surface area contributed by atoms with Crippen LogP contribution in [0.3, 0.4) is 0 Å². The van der Waals surface area contributed by atoms with E-state index in [0.29, 0.717) is 6.42 Å². The number of Topliss-reactive ketones (excluding diaryl/α,β-unsaturated/α-hetero) is 1. The number of imidazole rings is 1. The summed E-state index contributed by atoms with van der Waals surface area (Å²) >= 11 is 1.67. The number of hydrogen-bond acceptors (Lipinski definition) is 4. The predicted octanol–water partition coefficient (Wildman–Crippen LogP) is 4.83. The van der Waals surface area contributed by atoms with Crippen molar-refractivity contribution in [2.75, 3.05) is 5.32 Å². The van der Waals surface area contributed by atoms with E-state index in [-0.39, 0.29) is 17.1 Å². The number of hydrogen-bond donors (Lipinski definition) is 2. The summed E-state index contributed by atoms with van der Waals surface area (Å²) in [7, 11) is 0. The van der Waals surface area contributed by atoms with Crippen LogP contribution < -0.4 is 5.32 Å². The van der Waals surface area contributed by atoms with Crippen LogP contribution in [-0.4, -0.2) is 15.8 Å². The van der Waals surface area contributed by atoms with Crippen molar-refractivity contribution in [1.82, 2.24) is 9.97 Å². The van der Waals surface area contributed by atoms with Gasteiger partial charge in [0.1, 0.15) is 0 Å². The second kappa shape index (κ2) is 5.05. The summed E-state index contributed by atoms with van der Waals surface area (Å²) < 4.78 is 0. The van der Waals surface area contributed by atoms with Gasteiger partial charge in [-0.25, -0.2) is 4.98 Å². The molecule has 0 fully saturated rings. The van der Waals surface area contributed by atoms with Crippen LogP contribution in [0.25, 0.3) is 11.0 Å². The molecule has 2 aromatic heterocycles. The SMILES string of the molecule is CC1(C)CC(=O)C2=C(C1)Nc1ccc3[nH]cnc3c1C2c1ccsc1. The summed E-state index contributed by atoms with van der Waals surface area (Å²) in [5.41, 5.74) is 7.34. The molecule has 126 valence electrons. The first-order chi connectivity index (χ1) is 12.0. The number of thiophene rings is 1. The lowest BCUT2D eigenvalue weighted by atomic mass is 9.69. The summed E-state index contributed by atoms with van der Waals surface area (Å²) in [5.74, 6) is 0.223. The van der Waals surface area contributed by atoms with Gasteiger partial charge in [0.2, 0.25) is 0 Å². The van der Waals surface area contributed by atoms with Gasteiger partial charge in [-0.1, -0.05) is 13.8 Å². The van der Waals surface area contributed by atoms with Crippen molar-refractivity contribution in [3.05, 3.63) is 57.7 Å². The summed E-state index contributed by atoms with van der Waals surface area (Å²) in [4.78, 5) is 20.9. The molecule has 25 heavy (non-hydrogen) atoms. The van der Waals surface area contributed by atoms with Crippen molar-refractivity contribution in [2.24, 2.45) is 5.41 Å². The molecule has 2 aliphatic rings. The van der Waals surface area contributed by atoms with E-state index in [1.165, 1.54) is 5.56 Å². The molecule has 1 aliphatic heterocycles. The molecule has 0 saturated carbocycles. The van der Waals surface area contributed by atoms with Crippen LogP contribution in [0, 0.1) is 5.41 Å². The molecule has 5 rings (SSSR count). The van der Waals surface area contributed by atoms with Crippen molar-refractivity contribution in [3.8, 4) is 0 Å². The van der Waals surface area contributed by atoms with Crippen LogP contribution in [0.5, 0.6) is 0 Å². The molecule has 0 amide bonds. The number of carbonyl (C=O) groups excluding carboxylic acids is 1. The quantitative estimate of drug-likeness (QED) is 0.662. The number of nitrogens with one attached hydrogen (secondary N) is 2. The largest absolute Gasteiger partial charge is 0.358 e. The Labute approximate surface area is 150 Å². The lowest BCUT2D eigenvalue weighted by molar-refractivity contribution is -0.118. The van der Waals surface area contributed by atoms with Gasteiger partial charge in [0.15, 0.2) is 5.78 Å². The first-order valence-corrected chi connectivity index (χ1v) is 9.49. The number of anilines is 1. The highest BCUT2D eigenvalue weighted by Crippen LogP contribution is 2.50. The zero-order valence-electron chi connectivity index (χ0n) is 14.2. The van der Waals surface area contributed by atoms with Crippen LogP contribution in [-0.2, 0) is 4.79 Å². The molecule has 2 N–H and O–H groups in total. The molecule has 0 saturated heterocycles. The van der Waals surface area contributed by atoms with E-state index in [2.05, 4.69) is 58.1 Å². The summed E-state index contributed by atoms with van der Waals surface area (Å²) in [6.45, 7) is 4.34. The maximum Gasteiger partial charge on any atom is 0.162 e. The zero-order chi connectivity index (χ0) is 17.2. The van der Waals surface area contributed by atoms with Crippen LogP contribution in [0.1, 0.15) is 43.7 Å². The number of rotatable bonds is 1. The van der Waals surface area contributed by atoms with Crippen molar-refractivity contribution >= 4 is 33.8 Å². The lowest BCUT2D eigenvalue weighted by Crippen LogP contribution is -2.33. The number of nitrogens with zero attached hydrogens (tertiary/aromatic N) is 1. The molecule has 0 bridgehead atoms. The fourth-order valence-electron chi connectivity index (χ4n) is 4.29. The standard InChI is InChI=1S/C20H19N3OS/c1-20(2)7-14-17(15(24)8-20)16(11-5-6-25-9-11)18-12(23-14)3-4-13-19(18)22-10-21-13/h3-6,9-10,16,23H,7-8H2,1-2H3,(H,21,22).